The number of hydrogen-bond donors (Lipinski definition) is 1. The van der Waals surface area contributed by atoms with Crippen molar-refractivity contribution in [3.8, 4) is 11.5 Å². The maximum atomic E-state index is 13.2. The van der Waals surface area contributed by atoms with Gasteiger partial charge in [0.2, 0.25) is 5.51 Å². The standard InChI is InChI=1S/C33H46N2O3S/c1-4-5-6-7-8-9-10-11-12-13-14-15-22-38-32-30(20-17-21-31(32)37-3)34-33(36)29-19-16-18-28(23-29)24-35-26-39-25-27(35)2/h16-21,23,25-26H,4-15,22,24H2,1-3H3/p+1. The summed E-state index contributed by atoms with van der Waals surface area (Å²) >= 11 is 1.68. The highest BCUT2D eigenvalue weighted by Crippen LogP contribution is 2.35. The molecule has 1 heterocycles. The molecule has 0 fully saturated rings. The lowest BCUT2D eigenvalue weighted by atomic mass is 10.1. The highest BCUT2D eigenvalue weighted by Gasteiger charge is 2.16. The minimum Gasteiger partial charge on any atom is -0.493 e. The minimum atomic E-state index is -0.160. The van der Waals surface area contributed by atoms with E-state index >= 15 is 0 Å². The van der Waals surface area contributed by atoms with Gasteiger partial charge in [-0.15, -0.1) is 0 Å². The number of benzene rings is 2. The van der Waals surface area contributed by atoms with E-state index in [-0.39, 0.29) is 5.91 Å². The Labute approximate surface area is 239 Å². The van der Waals surface area contributed by atoms with Crippen LogP contribution in [0.1, 0.15) is 106 Å². The van der Waals surface area contributed by atoms with Crippen LogP contribution >= 0.6 is 11.3 Å². The Morgan fingerprint density at radius 1 is 0.897 bits per heavy atom. The van der Waals surface area contributed by atoms with Crippen LogP contribution in [-0.4, -0.2) is 19.6 Å². The number of hydrogen-bond acceptors (Lipinski definition) is 4. The molecule has 0 saturated carbocycles. The number of para-hydroxylation sites is 1. The number of carbonyl (C=O) groups excluding carboxylic acids is 1. The van der Waals surface area contributed by atoms with Crippen LogP contribution in [0.5, 0.6) is 11.5 Å². The Kier molecular flexibility index (Phi) is 13.9. The van der Waals surface area contributed by atoms with Gasteiger partial charge in [-0.2, -0.15) is 4.57 Å². The first-order valence-corrected chi connectivity index (χ1v) is 15.7. The molecule has 0 atom stereocenters. The van der Waals surface area contributed by atoms with Crippen LogP contribution in [0.4, 0.5) is 5.69 Å². The zero-order valence-electron chi connectivity index (χ0n) is 24.2. The van der Waals surface area contributed by atoms with Gasteiger partial charge in [0.1, 0.15) is 0 Å². The van der Waals surface area contributed by atoms with Crippen molar-refractivity contribution in [3.05, 3.63) is 70.2 Å². The van der Waals surface area contributed by atoms with E-state index in [0.29, 0.717) is 29.4 Å². The molecule has 39 heavy (non-hydrogen) atoms. The number of nitrogens with one attached hydrogen (secondary N) is 1. The van der Waals surface area contributed by atoms with E-state index in [0.717, 1.165) is 24.9 Å². The Morgan fingerprint density at radius 2 is 1.56 bits per heavy atom. The summed E-state index contributed by atoms with van der Waals surface area (Å²) in [7, 11) is 1.63. The second-order valence-electron chi connectivity index (χ2n) is 10.4. The van der Waals surface area contributed by atoms with Gasteiger partial charge in [-0.05, 0) is 30.7 Å². The molecule has 2 aromatic carbocycles. The monoisotopic (exact) mass is 551 g/mol. The number of rotatable bonds is 19. The maximum Gasteiger partial charge on any atom is 0.255 e. The number of thiazole rings is 1. The van der Waals surface area contributed by atoms with Crippen LogP contribution in [0.25, 0.3) is 0 Å². The number of aryl methyl sites for hydroxylation is 1. The zero-order valence-corrected chi connectivity index (χ0v) is 25.0. The second kappa shape index (κ2) is 17.7. The van der Waals surface area contributed by atoms with E-state index in [1.54, 1.807) is 18.4 Å². The molecule has 1 amide bonds. The van der Waals surface area contributed by atoms with Crippen LogP contribution in [0.3, 0.4) is 0 Å². The van der Waals surface area contributed by atoms with Gasteiger partial charge in [0.25, 0.3) is 5.91 Å². The van der Waals surface area contributed by atoms with Crippen molar-refractivity contribution < 1.29 is 18.8 Å². The van der Waals surface area contributed by atoms with Gasteiger partial charge < -0.3 is 14.8 Å². The fourth-order valence-electron chi connectivity index (χ4n) is 4.76. The van der Waals surface area contributed by atoms with Crippen molar-refractivity contribution in [1.82, 2.24) is 0 Å². The molecular formula is C33H47N2O3S+. The molecule has 0 aliphatic carbocycles. The summed E-state index contributed by atoms with van der Waals surface area (Å²) in [6, 6.07) is 13.4. The Morgan fingerprint density at radius 3 is 2.21 bits per heavy atom. The van der Waals surface area contributed by atoms with Crippen molar-refractivity contribution >= 4 is 22.9 Å². The molecule has 1 aromatic heterocycles. The second-order valence-corrected chi connectivity index (χ2v) is 11.1. The maximum absolute atomic E-state index is 13.2. The average Bonchev–Trinajstić information content (AvgIpc) is 3.35. The van der Waals surface area contributed by atoms with Crippen LogP contribution in [-0.2, 0) is 6.54 Å². The van der Waals surface area contributed by atoms with Gasteiger partial charge >= 0.3 is 0 Å². The number of anilines is 1. The molecule has 3 rings (SSSR count). The highest BCUT2D eigenvalue weighted by molar-refractivity contribution is 7.07. The summed E-state index contributed by atoms with van der Waals surface area (Å²) in [6.45, 7) is 5.71. The largest absolute Gasteiger partial charge is 0.493 e. The van der Waals surface area contributed by atoms with E-state index < -0.39 is 0 Å². The molecule has 0 unspecified atom stereocenters. The van der Waals surface area contributed by atoms with Crippen LogP contribution < -0.4 is 19.4 Å². The van der Waals surface area contributed by atoms with E-state index in [9.17, 15) is 4.79 Å². The summed E-state index contributed by atoms with van der Waals surface area (Å²) in [5, 5.41) is 5.17. The van der Waals surface area contributed by atoms with Gasteiger partial charge in [-0.3, -0.25) is 4.79 Å². The molecule has 0 aliphatic rings. The first-order valence-electron chi connectivity index (χ1n) is 14.7. The molecule has 0 spiro atoms. The zero-order chi connectivity index (χ0) is 27.7. The molecule has 5 nitrogen and oxygen atoms in total. The summed E-state index contributed by atoms with van der Waals surface area (Å²) in [5.74, 6) is 1.06. The molecular weight excluding hydrogens is 504 g/mol. The van der Waals surface area contributed by atoms with Crippen LogP contribution in [0.15, 0.2) is 53.4 Å². The van der Waals surface area contributed by atoms with Crippen molar-refractivity contribution in [1.29, 1.82) is 0 Å². The molecule has 0 saturated heterocycles. The van der Waals surface area contributed by atoms with Crippen LogP contribution in [0, 0.1) is 6.92 Å². The Hall–Kier alpha value is -2.86. The van der Waals surface area contributed by atoms with Gasteiger partial charge in [-0.1, -0.05) is 107 Å². The van der Waals surface area contributed by atoms with Gasteiger partial charge in [0, 0.05) is 18.1 Å². The molecule has 0 radical (unpaired) electrons. The van der Waals surface area contributed by atoms with Crippen molar-refractivity contribution in [2.24, 2.45) is 0 Å². The van der Waals surface area contributed by atoms with Crippen molar-refractivity contribution in [2.75, 3.05) is 19.0 Å². The SMILES string of the molecule is CCCCCCCCCCCCCCOc1c(NC(=O)c2cccc(C[n+]3cscc3C)c2)cccc1OC. The van der Waals surface area contributed by atoms with E-state index in [1.165, 1.54) is 69.9 Å². The quantitative estimate of drug-likeness (QED) is 0.120. The molecule has 1 N–H and O–H groups in total. The topological polar surface area (TPSA) is 51.4 Å². The number of unbranched alkanes of at least 4 members (excludes halogenated alkanes) is 11. The first-order chi connectivity index (χ1) is 19.1. The van der Waals surface area contributed by atoms with Gasteiger partial charge in [0.15, 0.2) is 23.7 Å². The van der Waals surface area contributed by atoms with Crippen LogP contribution in [0.2, 0.25) is 0 Å². The number of methoxy groups -OCH3 is 1. The normalized spacial score (nSPS) is 10.9. The fourth-order valence-corrected chi connectivity index (χ4v) is 5.54. The highest BCUT2D eigenvalue weighted by atomic mass is 32.1. The Balaban J connectivity index is 1.44. The van der Waals surface area contributed by atoms with E-state index in [1.807, 2.05) is 36.4 Å². The molecule has 212 valence electrons. The van der Waals surface area contributed by atoms with Crippen molar-refractivity contribution in [2.45, 2.75) is 97.4 Å². The summed E-state index contributed by atoms with van der Waals surface area (Å²) in [4.78, 5) is 13.2. The number of nitrogens with zero attached hydrogens (tertiary/aromatic N) is 1. The van der Waals surface area contributed by atoms with Gasteiger partial charge in [-0.25, -0.2) is 0 Å². The third-order valence-electron chi connectivity index (χ3n) is 7.11. The predicted molar refractivity (Wildman–Crippen MR) is 162 cm³/mol. The molecule has 3 aromatic rings. The summed E-state index contributed by atoms with van der Waals surface area (Å²) in [5.41, 5.74) is 5.64. The number of amides is 1. The lowest BCUT2D eigenvalue weighted by Gasteiger charge is -2.16. The molecule has 0 aliphatic heterocycles. The smallest absolute Gasteiger partial charge is 0.255 e. The van der Waals surface area contributed by atoms with Gasteiger partial charge in [0.05, 0.1) is 24.8 Å². The third kappa shape index (κ3) is 10.7. The lowest BCUT2D eigenvalue weighted by molar-refractivity contribution is -0.689. The van der Waals surface area contributed by atoms with E-state index in [2.05, 4.69) is 40.7 Å². The van der Waals surface area contributed by atoms with Crippen molar-refractivity contribution in [3.63, 3.8) is 0 Å². The Bertz CT molecular complexity index is 1130. The molecule has 0 bridgehead atoms. The fraction of sp³-hybridized carbons (Fsp3) is 0.515. The lowest BCUT2D eigenvalue weighted by Crippen LogP contribution is -2.34. The number of carbonyl (C=O) groups is 1. The minimum absolute atomic E-state index is 0.160. The average molecular weight is 552 g/mol. The predicted octanol–water partition coefficient (Wildman–Crippen LogP) is 8.73. The summed E-state index contributed by atoms with van der Waals surface area (Å²) in [6.07, 6.45) is 15.7. The number of aromatic nitrogens is 1. The third-order valence-corrected chi connectivity index (χ3v) is 7.97. The summed E-state index contributed by atoms with van der Waals surface area (Å²) < 4.78 is 13.9. The molecule has 6 heteroatoms. The first kappa shape index (κ1) is 30.7. The van der Waals surface area contributed by atoms with E-state index in [4.69, 9.17) is 9.47 Å². The number of ether oxygens (including phenoxy) is 2.